The number of aromatic hydroxyl groups is 1. The number of amides is 1. The number of halogens is 4. The second-order valence-electron chi connectivity index (χ2n) is 4.90. The van der Waals surface area contributed by atoms with Crippen molar-refractivity contribution < 1.29 is 28.0 Å². The molecule has 2 aromatic rings. The van der Waals surface area contributed by atoms with Gasteiger partial charge in [0.1, 0.15) is 0 Å². The molecule has 136 valence electrons. The number of alkyl halides is 3. The zero-order valence-electron chi connectivity index (χ0n) is 12.6. The second kappa shape index (κ2) is 7.40. The number of benzene rings is 2. The summed E-state index contributed by atoms with van der Waals surface area (Å²) in [6, 6.07) is 5.75. The third kappa shape index (κ3) is 4.48. The predicted octanol–water partition coefficient (Wildman–Crippen LogP) is 3.74. The van der Waals surface area contributed by atoms with Crippen molar-refractivity contribution >= 4 is 29.4 Å². The van der Waals surface area contributed by atoms with Crippen molar-refractivity contribution in [1.29, 1.82) is 0 Å². The fourth-order valence-corrected chi connectivity index (χ4v) is 2.13. The Bertz CT molecular complexity index is 900. The van der Waals surface area contributed by atoms with E-state index in [0.717, 1.165) is 36.5 Å². The molecule has 0 atom stereocenters. The molecule has 0 aliphatic carbocycles. The largest absolute Gasteiger partial charge is 0.502 e. The minimum atomic E-state index is -4.61. The number of rotatable bonds is 4. The van der Waals surface area contributed by atoms with Gasteiger partial charge in [-0.25, -0.2) is 5.43 Å². The highest BCUT2D eigenvalue weighted by Gasteiger charge is 2.30. The van der Waals surface area contributed by atoms with Crippen molar-refractivity contribution in [3.8, 4) is 5.75 Å². The number of phenolic OH excluding ortho intramolecular Hbond substituents is 1. The molecule has 7 nitrogen and oxygen atoms in total. The molecule has 11 heteroatoms. The smallest absolute Gasteiger partial charge is 0.416 e. The van der Waals surface area contributed by atoms with Gasteiger partial charge in [-0.2, -0.15) is 18.3 Å². The number of nitro groups is 1. The van der Waals surface area contributed by atoms with Crippen LogP contribution in [0.5, 0.6) is 5.75 Å². The first-order chi connectivity index (χ1) is 12.1. The average molecular weight is 388 g/mol. The molecule has 0 bridgehead atoms. The monoisotopic (exact) mass is 387 g/mol. The van der Waals surface area contributed by atoms with Crippen molar-refractivity contribution in [1.82, 2.24) is 5.43 Å². The molecule has 0 unspecified atom stereocenters. The van der Waals surface area contributed by atoms with E-state index in [2.05, 4.69) is 5.10 Å². The molecule has 0 aliphatic heterocycles. The van der Waals surface area contributed by atoms with Crippen LogP contribution in [0.2, 0.25) is 5.02 Å². The Kier molecular flexibility index (Phi) is 5.46. The molecule has 2 aromatic carbocycles. The lowest BCUT2D eigenvalue weighted by Crippen LogP contribution is -2.18. The van der Waals surface area contributed by atoms with Gasteiger partial charge >= 0.3 is 11.9 Å². The number of carbonyl (C=O) groups excluding carboxylic acids is 1. The molecule has 0 heterocycles. The van der Waals surface area contributed by atoms with Gasteiger partial charge in [-0.1, -0.05) is 17.7 Å². The number of hydrogen-bond acceptors (Lipinski definition) is 5. The van der Waals surface area contributed by atoms with Crippen LogP contribution in [0, 0.1) is 10.1 Å². The van der Waals surface area contributed by atoms with Crippen molar-refractivity contribution in [3.05, 3.63) is 68.2 Å². The SMILES string of the molecule is O=C(N/N=C\c1cc(Cl)cc([N+](=O)[O-])c1O)c1cccc(C(F)(F)F)c1. The first-order valence-electron chi connectivity index (χ1n) is 6.77. The Balaban J connectivity index is 2.19. The predicted molar refractivity (Wildman–Crippen MR) is 86.3 cm³/mol. The van der Waals surface area contributed by atoms with Crippen LogP contribution < -0.4 is 5.43 Å². The Hall–Kier alpha value is -3.14. The topological polar surface area (TPSA) is 105 Å². The van der Waals surface area contributed by atoms with E-state index in [0.29, 0.717) is 6.07 Å². The first kappa shape index (κ1) is 19.2. The number of hydrogen-bond donors (Lipinski definition) is 2. The van der Waals surface area contributed by atoms with Gasteiger partial charge in [-0.3, -0.25) is 14.9 Å². The molecule has 0 saturated heterocycles. The maximum absolute atomic E-state index is 12.6. The number of carbonyl (C=O) groups is 1. The van der Waals surface area contributed by atoms with Crippen LogP contribution in [0.3, 0.4) is 0 Å². The molecular weight excluding hydrogens is 379 g/mol. The van der Waals surface area contributed by atoms with Gasteiger partial charge in [0.2, 0.25) is 5.75 Å². The van der Waals surface area contributed by atoms with Crippen LogP contribution in [-0.2, 0) is 6.18 Å². The maximum atomic E-state index is 12.6. The Labute approximate surface area is 148 Å². The van der Waals surface area contributed by atoms with Crippen molar-refractivity contribution in [2.24, 2.45) is 5.10 Å². The first-order valence-corrected chi connectivity index (χ1v) is 7.15. The van der Waals surface area contributed by atoms with E-state index < -0.39 is 34.0 Å². The molecule has 2 rings (SSSR count). The van der Waals surface area contributed by atoms with E-state index >= 15 is 0 Å². The summed E-state index contributed by atoms with van der Waals surface area (Å²) in [4.78, 5) is 21.8. The number of nitrogens with one attached hydrogen (secondary N) is 1. The fourth-order valence-electron chi connectivity index (χ4n) is 1.90. The minimum Gasteiger partial charge on any atom is -0.502 e. The third-order valence-corrected chi connectivity index (χ3v) is 3.32. The summed E-state index contributed by atoms with van der Waals surface area (Å²) < 4.78 is 37.9. The quantitative estimate of drug-likeness (QED) is 0.473. The van der Waals surface area contributed by atoms with E-state index in [9.17, 15) is 33.2 Å². The number of phenols is 1. The van der Waals surface area contributed by atoms with E-state index in [1.165, 1.54) is 0 Å². The molecule has 2 N–H and O–H groups in total. The second-order valence-corrected chi connectivity index (χ2v) is 5.33. The lowest BCUT2D eigenvalue weighted by atomic mass is 10.1. The molecule has 0 fully saturated rings. The van der Waals surface area contributed by atoms with Crippen LogP contribution >= 0.6 is 11.6 Å². The molecule has 0 aliphatic rings. The van der Waals surface area contributed by atoms with Gasteiger partial charge in [-0.05, 0) is 24.3 Å². The van der Waals surface area contributed by atoms with Crippen LogP contribution in [0.4, 0.5) is 18.9 Å². The summed E-state index contributed by atoms with van der Waals surface area (Å²) in [5.74, 6) is -1.67. The van der Waals surface area contributed by atoms with Gasteiger partial charge in [-0.15, -0.1) is 0 Å². The van der Waals surface area contributed by atoms with Crippen LogP contribution in [0.1, 0.15) is 21.5 Å². The highest BCUT2D eigenvalue weighted by atomic mass is 35.5. The normalized spacial score (nSPS) is 11.5. The summed E-state index contributed by atoms with van der Waals surface area (Å²) in [5, 5.41) is 24.0. The third-order valence-electron chi connectivity index (χ3n) is 3.10. The van der Waals surface area contributed by atoms with E-state index in [-0.39, 0.29) is 16.1 Å². The van der Waals surface area contributed by atoms with Crippen LogP contribution in [0.15, 0.2) is 41.5 Å². The van der Waals surface area contributed by atoms with Gasteiger partial charge < -0.3 is 5.11 Å². The molecule has 0 aromatic heterocycles. The minimum absolute atomic E-state index is 0.0554. The molecule has 0 radical (unpaired) electrons. The van der Waals surface area contributed by atoms with E-state index in [1.807, 2.05) is 5.43 Å². The Morgan fingerprint density at radius 1 is 1.31 bits per heavy atom. The van der Waals surface area contributed by atoms with Crippen LogP contribution in [0.25, 0.3) is 0 Å². The number of hydrazone groups is 1. The number of nitrogens with zero attached hydrogens (tertiary/aromatic N) is 2. The van der Waals surface area contributed by atoms with Crippen molar-refractivity contribution in [2.45, 2.75) is 6.18 Å². The lowest BCUT2D eigenvalue weighted by molar-refractivity contribution is -0.385. The van der Waals surface area contributed by atoms with Gasteiger partial charge in [0.05, 0.1) is 16.7 Å². The molecule has 26 heavy (non-hydrogen) atoms. The molecular formula is C15H9ClF3N3O4. The molecule has 1 amide bonds. The van der Waals surface area contributed by atoms with E-state index in [1.54, 1.807) is 0 Å². The van der Waals surface area contributed by atoms with Gasteiger partial charge in [0.25, 0.3) is 5.91 Å². The standard InChI is InChI=1S/C15H9ClF3N3O4/c16-11-5-9(13(23)12(6-11)22(25)26)7-20-21-14(24)8-2-1-3-10(4-8)15(17,18)19/h1-7,23H,(H,21,24)/b20-7-. The fraction of sp³-hybridized carbons (Fsp3) is 0.0667. The van der Waals surface area contributed by atoms with Crippen LogP contribution in [-0.4, -0.2) is 22.2 Å². The average Bonchev–Trinajstić information content (AvgIpc) is 2.56. The van der Waals surface area contributed by atoms with E-state index in [4.69, 9.17) is 11.6 Å². The maximum Gasteiger partial charge on any atom is 0.416 e. The Morgan fingerprint density at radius 2 is 2.00 bits per heavy atom. The van der Waals surface area contributed by atoms with Crippen molar-refractivity contribution in [3.63, 3.8) is 0 Å². The highest BCUT2D eigenvalue weighted by molar-refractivity contribution is 6.31. The summed E-state index contributed by atoms with van der Waals surface area (Å²) in [6.45, 7) is 0. The van der Waals surface area contributed by atoms with Crippen molar-refractivity contribution in [2.75, 3.05) is 0 Å². The summed E-state index contributed by atoms with van der Waals surface area (Å²) in [5.41, 5.74) is -0.158. The molecule has 0 saturated carbocycles. The summed E-state index contributed by atoms with van der Waals surface area (Å²) in [6.07, 6.45) is -3.73. The lowest BCUT2D eigenvalue weighted by Gasteiger charge is -2.07. The zero-order valence-corrected chi connectivity index (χ0v) is 13.4. The van der Waals surface area contributed by atoms with Gasteiger partial charge in [0, 0.05) is 22.2 Å². The van der Waals surface area contributed by atoms with Gasteiger partial charge in [0.15, 0.2) is 0 Å². The summed E-state index contributed by atoms with van der Waals surface area (Å²) >= 11 is 5.69. The number of nitro benzene ring substituents is 1. The Morgan fingerprint density at radius 3 is 2.62 bits per heavy atom. The summed E-state index contributed by atoms with van der Waals surface area (Å²) in [7, 11) is 0. The molecule has 0 spiro atoms. The zero-order chi connectivity index (χ0) is 19.5. The highest BCUT2D eigenvalue weighted by Crippen LogP contribution is 2.32.